The van der Waals surface area contributed by atoms with Crippen LogP contribution in [0.3, 0.4) is 0 Å². The number of aliphatic hydroxyl groups is 1. The number of carbonyl (C=O) groups is 2. The first-order valence-corrected chi connectivity index (χ1v) is 10.3. The van der Waals surface area contributed by atoms with E-state index in [1.54, 1.807) is 32.9 Å². The quantitative estimate of drug-likeness (QED) is 0.645. The number of piperidine rings is 1. The summed E-state index contributed by atoms with van der Waals surface area (Å²) in [5.74, 6) is -0.347. The average molecular weight is 446 g/mol. The monoisotopic (exact) mass is 445 g/mol. The molecule has 1 aliphatic heterocycles. The van der Waals surface area contributed by atoms with Crippen LogP contribution in [-0.2, 0) is 9.53 Å². The zero-order valence-corrected chi connectivity index (χ0v) is 18.5. The molecular weight excluding hydrogens is 417 g/mol. The molecule has 3 atom stereocenters. The van der Waals surface area contributed by atoms with Gasteiger partial charge in [-0.1, -0.05) is 29.3 Å². The zero-order valence-electron chi connectivity index (χ0n) is 17.0. The standard InChI is InChI=1S/C20H29Cl2N3O4/c1-20(2,3)29-19(28)25-11-17(23)14(12-4-5-15(21)16(22)8-12)9-13(25)10-18(27)24-6-7-26/h4-5,8,13-14,17,26H,6-7,9-11,23H2,1-3H3,(H,24,27)/t13?,14-,17+/m0/s1. The number of ether oxygens (including phenoxy) is 1. The first-order valence-electron chi connectivity index (χ1n) is 9.59. The molecule has 9 heteroatoms. The Labute approximate surface area is 181 Å². The minimum Gasteiger partial charge on any atom is -0.444 e. The van der Waals surface area contributed by atoms with E-state index < -0.39 is 17.7 Å². The predicted molar refractivity (Wildman–Crippen MR) is 113 cm³/mol. The molecule has 1 saturated heterocycles. The molecule has 0 radical (unpaired) electrons. The number of nitrogens with two attached hydrogens (primary N) is 1. The highest BCUT2D eigenvalue weighted by Gasteiger charge is 2.39. The number of benzene rings is 1. The van der Waals surface area contributed by atoms with Crippen LogP contribution in [0.15, 0.2) is 18.2 Å². The summed E-state index contributed by atoms with van der Waals surface area (Å²) in [6, 6.07) is 4.61. The first-order chi connectivity index (χ1) is 13.5. The van der Waals surface area contributed by atoms with Gasteiger partial charge in [0.05, 0.1) is 16.7 Å². The van der Waals surface area contributed by atoms with Crippen LogP contribution in [0.1, 0.15) is 45.1 Å². The third kappa shape index (κ3) is 6.74. The molecule has 1 aromatic carbocycles. The topological polar surface area (TPSA) is 105 Å². The number of halogens is 2. The number of nitrogens with zero attached hydrogens (tertiary/aromatic N) is 1. The van der Waals surface area contributed by atoms with Gasteiger partial charge in [0.15, 0.2) is 0 Å². The number of hydrogen-bond acceptors (Lipinski definition) is 5. The van der Waals surface area contributed by atoms with Gasteiger partial charge < -0.3 is 25.8 Å². The molecule has 162 valence electrons. The molecule has 2 amide bonds. The summed E-state index contributed by atoms with van der Waals surface area (Å²) in [5, 5.41) is 12.4. The average Bonchev–Trinajstić information content (AvgIpc) is 2.62. The predicted octanol–water partition coefficient (Wildman–Crippen LogP) is 2.91. The van der Waals surface area contributed by atoms with Crippen LogP contribution in [0.4, 0.5) is 4.79 Å². The van der Waals surface area contributed by atoms with Crippen LogP contribution in [-0.4, -0.2) is 59.4 Å². The highest BCUT2D eigenvalue weighted by Crippen LogP contribution is 2.35. The van der Waals surface area contributed by atoms with Crippen molar-refractivity contribution in [3.63, 3.8) is 0 Å². The molecule has 0 spiro atoms. The molecular formula is C20H29Cl2N3O4. The Morgan fingerprint density at radius 2 is 2.00 bits per heavy atom. The summed E-state index contributed by atoms with van der Waals surface area (Å²) in [6.45, 7) is 5.62. The summed E-state index contributed by atoms with van der Waals surface area (Å²) in [7, 11) is 0. The van der Waals surface area contributed by atoms with Crippen molar-refractivity contribution in [1.82, 2.24) is 10.2 Å². The molecule has 1 unspecified atom stereocenters. The maximum atomic E-state index is 12.7. The van der Waals surface area contributed by atoms with Crippen molar-refractivity contribution < 1.29 is 19.4 Å². The fraction of sp³-hybridized carbons (Fsp3) is 0.600. The Morgan fingerprint density at radius 3 is 2.59 bits per heavy atom. The van der Waals surface area contributed by atoms with E-state index in [-0.39, 0.29) is 44.0 Å². The van der Waals surface area contributed by atoms with E-state index in [9.17, 15) is 9.59 Å². The third-order valence-electron chi connectivity index (χ3n) is 4.75. The molecule has 1 fully saturated rings. The van der Waals surface area contributed by atoms with Gasteiger partial charge in [0.25, 0.3) is 0 Å². The van der Waals surface area contributed by atoms with Crippen molar-refractivity contribution in [3.8, 4) is 0 Å². The lowest BCUT2D eigenvalue weighted by atomic mass is 9.81. The van der Waals surface area contributed by atoms with Gasteiger partial charge in [-0.05, 0) is 44.9 Å². The van der Waals surface area contributed by atoms with E-state index in [0.717, 1.165) is 5.56 Å². The number of amides is 2. The summed E-state index contributed by atoms with van der Waals surface area (Å²) in [6.07, 6.45) is 0.0646. The minimum absolute atomic E-state index is 0.0871. The number of nitrogens with one attached hydrogen (secondary N) is 1. The SMILES string of the molecule is CC(C)(C)OC(=O)N1C[C@@H](N)[C@H](c2ccc(Cl)c(Cl)c2)CC1CC(=O)NCCO. The highest BCUT2D eigenvalue weighted by atomic mass is 35.5. The van der Waals surface area contributed by atoms with Crippen molar-refractivity contribution in [3.05, 3.63) is 33.8 Å². The Hall–Kier alpha value is -1.54. The highest BCUT2D eigenvalue weighted by molar-refractivity contribution is 6.42. The van der Waals surface area contributed by atoms with E-state index in [1.165, 1.54) is 4.90 Å². The number of hydrogen-bond donors (Lipinski definition) is 3. The van der Waals surface area contributed by atoms with Crippen LogP contribution >= 0.6 is 23.2 Å². The molecule has 2 rings (SSSR count). The van der Waals surface area contributed by atoms with Crippen LogP contribution in [0.25, 0.3) is 0 Å². The van der Waals surface area contributed by atoms with Gasteiger partial charge in [-0.3, -0.25) is 4.79 Å². The Kier molecular flexibility index (Phi) is 8.17. The summed E-state index contributed by atoms with van der Waals surface area (Å²) >= 11 is 12.2. The van der Waals surface area contributed by atoms with E-state index >= 15 is 0 Å². The summed E-state index contributed by atoms with van der Waals surface area (Å²) < 4.78 is 5.52. The van der Waals surface area contributed by atoms with Crippen LogP contribution in [0, 0.1) is 0 Å². The Morgan fingerprint density at radius 1 is 1.31 bits per heavy atom. The molecule has 0 aromatic heterocycles. The molecule has 29 heavy (non-hydrogen) atoms. The van der Waals surface area contributed by atoms with Crippen LogP contribution in [0.5, 0.6) is 0 Å². The molecule has 0 bridgehead atoms. The van der Waals surface area contributed by atoms with Gasteiger partial charge in [0.1, 0.15) is 5.60 Å². The van der Waals surface area contributed by atoms with Crippen molar-refractivity contribution in [1.29, 1.82) is 0 Å². The van der Waals surface area contributed by atoms with Crippen molar-refractivity contribution in [2.75, 3.05) is 19.7 Å². The minimum atomic E-state index is -0.661. The molecule has 0 saturated carbocycles. The lowest BCUT2D eigenvalue weighted by Crippen LogP contribution is -2.56. The largest absolute Gasteiger partial charge is 0.444 e. The van der Waals surface area contributed by atoms with Crippen LogP contribution in [0.2, 0.25) is 10.0 Å². The van der Waals surface area contributed by atoms with E-state index in [0.29, 0.717) is 16.5 Å². The maximum absolute atomic E-state index is 12.7. The second-order valence-corrected chi connectivity index (χ2v) is 9.06. The number of likely N-dealkylation sites (tertiary alicyclic amines) is 1. The fourth-order valence-corrected chi connectivity index (χ4v) is 3.75. The third-order valence-corrected chi connectivity index (χ3v) is 5.48. The fourth-order valence-electron chi connectivity index (χ4n) is 3.44. The summed E-state index contributed by atoms with van der Waals surface area (Å²) in [4.78, 5) is 26.6. The summed E-state index contributed by atoms with van der Waals surface area (Å²) in [5.41, 5.74) is 6.66. The lowest BCUT2D eigenvalue weighted by Gasteiger charge is -2.43. The Balaban J connectivity index is 2.25. The van der Waals surface area contributed by atoms with Gasteiger partial charge in [-0.25, -0.2) is 4.79 Å². The molecule has 0 aliphatic carbocycles. The van der Waals surface area contributed by atoms with Crippen LogP contribution < -0.4 is 11.1 Å². The van der Waals surface area contributed by atoms with Gasteiger partial charge in [-0.2, -0.15) is 0 Å². The molecule has 7 nitrogen and oxygen atoms in total. The van der Waals surface area contributed by atoms with Crippen molar-refractivity contribution in [2.24, 2.45) is 5.73 Å². The molecule has 1 heterocycles. The normalized spacial score (nSPS) is 22.3. The molecule has 4 N–H and O–H groups in total. The van der Waals surface area contributed by atoms with E-state index in [1.807, 2.05) is 6.07 Å². The van der Waals surface area contributed by atoms with Gasteiger partial charge >= 0.3 is 6.09 Å². The number of aliphatic hydroxyl groups excluding tert-OH is 1. The smallest absolute Gasteiger partial charge is 0.410 e. The first kappa shape index (κ1) is 23.7. The lowest BCUT2D eigenvalue weighted by molar-refractivity contribution is -0.122. The number of rotatable bonds is 5. The van der Waals surface area contributed by atoms with Gasteiger partial charge in [0.2, 0.25) is 5.91 Å². The second-order valence-electron chi connectivity index (χ2n) is 8.24. The van der Waals surface area contributed by atoms with Crippen molar-refractivity contribution in [2.45, 2.75) is 57.2 Å². The maximum Gasteiger partial charge on any atom is 0.410 e. The zero-order chi connectivity index (χ0) is 21.8. The number of carbonyl (C=O) groups excluding carboxylic acids is 2. The molecule has 1 aromatic rings. The van der Waals surface area contributed by atoms with Crippen molar-refractivity contribution >= 4 is 35.2 Å². The van der Waals surface area contributed by atoms with E-state index in [4.69, 9.17) is 38.8 Å². The second kappa shape index (κ2) is 9.98. The van der Waals surface area contributed by atoms with Gasteiger partial charge in [0, 0.05) is 37.5 Å². The van der Waals surface area contributed by atoms with E-state index in [2.05, 4.69) is 5.32 Å². The Bertz CT molecular complexity index is 739. The molecule has 1 aliphatic rings. The van der Waals surface area contributed by atoms with Gasteiger partial charge in [-0.15, -0.1) is 0 Å².